The standard InChI is InChI=1S/C24H29N3O3/c1-3-10-24(28)25-16-9-15-23-26-19-11-5-6-12-20(19)27(23)17-18-30-22-14-8-7-13-21(22)29-4-2/h3,5-8,10-14H,4,9,15-18H2,1-2H3,(H,25,28)/b10-3-. The number of carbonyl (C=O) groups is 1. The molecule has 3 rings (SSSR count). The molecule has 0 spiro atoms. The summed E-state index contributed by atoms with van der Waals surface area (Å²) in [5, 5.41) is 2.89. The van der Waals surface area contributed by atoms with Gasteiger partial charge in [0.15, 0.2) is 11.5 Å². The van der Waals surface area contributed by atoms with E-state index in [9.17, 15) is 4.79 Å². The Morgan fingerprint density at radius 3 is 2.60 bits per heavy atom. The molecule has 158 valence electrons. The number of nitrogens with zero attached hydrogens (tertiary/aromatic N) is 2. The van der Waals surface area contributed by atoms with Crippen molar-refractivity contribution in [3.63, 3.8) is 0 Å². The van der Waals surface area contributed by atoms with Gasteiger partial charge in [-0.3, -0.25) is 4.79 Å². The Kier molecular flexibility index (Phi) is 7.89. The summed E-state index contributed by atoms with van der Waals surface area (Å²) in [6.45, 7) is 6.20. The fourth-order valence-electron chi connectivity index (χ4n) is 3.33. The maximum Gasteiger partial charge on any atom is 0.243 e. The number of ether oxygens (including phenoxy) is 2. The summed E-state index contributed by atoms with van der Waals surface area (Å²) in [4.78, 5) is 16.4. The van der Waals surface area contributed by atoms with Crippen molar-refractivity contribution in [1.82, 2.24) is 14.9 Å². The zero-order valence-corrected chi connectivity index (χ0v) is 17.6. The van der Waals surface area contributed by atoms with Crippen LogP contribution in [0.2, 0.25) is 0 Å². The van der Waals surface area contributed by atoms with Gasteiger partial charge < -0.3 is 19.4 Å². The van der Waals surface area contributed by atoms with Crippen molar-refractivity contribution in [2.24, 2.45) is 0 Å². The first kappa shape index (κ1) is 21.4. The third-order valence-corrected chi connectivity index (χ3v) is 4.65. The molecule has 0 saturated heterocycles. The second-order valence-corrected chi connectivity index (χ2v) is 6.79. The smallest absolute Gasteiger partial charge is 0.243 e. The minimum Gasteiger partial charge on any atom is -0.490 e. The van der Waals surface area contributed by atoms with E-state index >= 15 is 0 Å². The van der Waals surface area contributed by atoms with Gasteiger partial charge in [0.1, 0.15) is 12.4 Å². The van der Waals surface area contributed by atoms with E-state index in [0.29, 0.717) is 26.3 Å². The number of hydrogen-bond donors (Lipinski definition) is 1. The number of amides is 1. The van der Waals surface area contributed by atoms with Crippen molar-refractivity contribution in [3.8, 4) is 11.5 Å². The predicted octanol–water partition coefficient (Wildman–Crippen LogP) is 4.14. The topological polar surface area (TPSA) is 65.4 Å². The maximum atomic E-state index is 11.6. The van der Waals surface area contributed by atoms with Gasteiger partial charge in [0, 0.05) is 13.0 Å². The Morgan fingerprint density at radius 2 is 1.83 bits per heavy atom. The monoisotopic (exact) mass is 407 g/mol. The number of para-hydroxylation sites is 4. The SMILES string of the molecule is C/C=C\C(=O)NCCCc1nc2ccccc2n1CCOc1ccccc1OCC. The van der Waals surface area contributed by atoms with E-state index in [1.807, 2.05) is 56.3 Å². The Morgan fingerprint density at radius 1 is 1.10 bits per heavy atom. The molecule has 0 aliphatic carbocycles. The summed E-state index contributed by atoms with van der Waals surface area (Å²) in [5.74, 6) is 2.44. The predicted molar refractivity (Wildman–Crippen MR) is 119 cm³/mol. The van der Waals surface area contributed by atoms with Crippen LogP contribution in [-0.2, 0) is 17.8 Å². The molecular formula is C24H29N3O3. The number of aryl methyl sites for hydroxylation is 1. The summed E-state index contributed by atoms with van der Waals surface area (Å²) in [7, 11) is 0. The number of nitrogens with one attached hydrogen (secondary N) is 1. The van der Waals surface area contributed by atoms with Gasteiger partial charge in [0.2, 0.25) is 5.91 Å². The Hall–Kier alpha value is -3.28. The molecule has 0 atom stereocenters. The zero-order valence-electron chi connectivity index (χ0n) is 17.6. The fraction of sp³-hybridized carbons (Fsp3) is 0.333. The van der Waals surface area contributed by atoms with Crippen molar-refractivity contribution in [2.45, 2.75) is 33.2 Å². The third kappa shape index (κ3) is 5.63. The average molecular weight is 408 g/mol. The lowest BCUT2D eigenvalue weighted by atomic mass is 10.3. The maximum absolute atomic E-state index is 11.6. The number of rotatable bonds is 11. The lowest BCUT2D eigenvalue weighted by Gasteiger charge is -2.13. The van der Waals surface area contributed by atoms with Gasteiger partial charge in [-0.25, -0.2) is 4.98 Å². The lowest BCUT2D eigenvalue weighted by molar-refractivity contribution is -0.116. The van der Waals surface area contributed by atoms with Gasteiger partial charge in [0.25, 0.3) is 0 Å². The molecule has 0 bridgehead atoms. The molecule has 1 heterocycles. The van der Waals surface area contributed by atoms with Crippen LogP contribution in [0, 0.1) is 0 Å². The minimum absolute atomic E-state index is 0.0626. The van der Waals surface area contributed by atoms with Crippen molar-refractivity contribution in [3.05, 3.63) is 66.5 Å². The number of carbonyl (C=O) groups excluding carboxylic acids is 1. The minimum atomic E-state index is -0.0626. The van der Waals surface area contributed by atoms with Gasteiger partial charge in [-0.05, 0) is 50.6 Å². The molecular weight excluding hydrogens is 378 g/mol. The number of fused-ring (bicyclic) bond motifs is 1. The van der Waals surface area contributed by atoms with Gasteiger partial charge in [-0.15, -0.1) is 0 Å². The van der Waals surface area contributed by atoms with Crippen molar-refractivity contribution in [1.29, 1.82) is 0 Å². The van der Waals surface area contributed by atoms with Crippen LogP contribution in [0.15, 0.2) is 60.7 Å². The van der Waals surface area contributed by atoms with Crippen LogP contribution in [0.25, 0.3) is 11.0 Å². The number of imidazole rings is 1. The van der Waals surface area contributed by atoms with E-state index in [1.165, 1.54) is 6.08 Å². The summed E-state index contributed by atoms with van der Waals surface area (Å²) in [5.41, 5.74) is 2.06. The van der Waals surface area contributed by atoms with Gasteiger partial charge in [0.05, 0.1) is 24.2 Å². The zero-order chi connectivity index (χ0) is 21.2. The molecule has 1 amide bonds. The van der Waals surface area contributed by atoms with Crippen LogP contribution >= 0.6 is 0 Å². The van der Waals surface area contributed by atoms with Crippen LogP contribution in [0.5, 0.6) is 11.5 Å². The highest BCUT2D eigenvalue weighted by atomic mass is 16.5. The van der Waals surface area contributed by atoms with Gasteiger partial charge in [-0.2, -0.15) is 0 Å². The molecule has 0 unspecified atom stereocenters. The normalized spacial score (nSPS) is 11.1. The first-order valence-corrected chi connectivity index (χ1v) is 10.4. The quantitative estimate of drug-likeness (QED) is 0.383. The highest BCUT2D eigenvalue weighted by Crippen LogP contribution is 2.26. The van der Waals surface area contributed by atoms with Crippen LogP contribution < -0.4 is 14.8 Å². The Bertz CT molecular complexity index is 994. The van der Waals surface area contributed by atoms with E-state index in [4.69, 9.17) is 14.5 Å². The van der Waals surface area contributed by atoms with Crippen LogP contribution in [0.1, 0.15) is 26.1 Å². The second kappa shape index (κ2) is 11.0. The van der Waals surface area contributed by atoms with Crippen molar-refractivity contribution < 1.29 is 14.3 Å². The molecule has 2 aromatic carbocycles. The lowest BCUT2D eigenvalue weighted by Crippen LogP contribution is -2.23. The van der Waals surface area contributed by atoms with Crippen LogP contribution in [0.4, 0.5) is 0 Å². The first-order chi connectivity index (χ1) is 14.7. The van der Waals surface area contributed by atoms with E-state index in [2.05, 4.69) is 16.0 Å². The highest BCUT2D eigenvalue weighted by molar-refractivity contribution is 5.87. The summed E-state index contributed by atoms with van der Waals surface area (Å²) in [6, 6.07) is 15.8. The second-order valence-electron chi connectivity index (χ2n) is 6.79. The summed E-state index contributed by atoms with van der Waals surface area (Å²) >= 11 is 0. The molecule has 6 heteroatoms. The third-order valence-electron chi connectivity index (χ3n) is 4.65. The number of allylic oxidation sites excluding steroid dienone is 1. The molecule has 1 aromatic heterocycles. The van der Waals surface area contributed by atoms with Crippen molar-refractivity contribution >= 4 is 16.9 Å². The molecule has 0 fully saturated rings. The van der Waals surface area contributed by atoms with E-state index in [0.717, 1.165) is 41.2 Å². The van der Waals surface area contributed by atoms with Gasteiger partial charge >= 0.3 is 0 Å². The fourth-order valence-corrected chi connectivity index (χ4v) is 3.33. The summed E-state index contributed by atoms with van der Waals surface area (Å²) < 4.78 is 13.9. The molecule has 6 nitrogen and oxygen atoms in total. The van der Waals surface area contributed by atoms with E-state index < -0.39 is 0 Å². The van der Waals surface area contributed by atoms with Crippen molar-refractivity contribution in [2.75, 3.05) is 19.8 Å². The van der Waals surface area contributed by atoms with E-state index in [-0.39, 0.29) is 5.91 Å². The summed E-state index contributed by atoms with van der Waals surface area (Å²) in [6.07, 6.45) is 4.87. The van der Waals surface area contributed by atoms with Crippen LogP contribution in [0.3, 0.4) is 0 Å². The van der Waals surface area contributed by atoms with E-state index in [1.54, 1.807) is 6.08 Å². The average Bonchev–Trinajstić information content (AvgIpc) is 3.10. The molecule has 1 N–H and O–H groups in total. The molecule has 0 aliphatic rings. The number of aromatic nitrogens is 2. The largest absolute Gasteiger partial charge is 0.490 e. The van der Waals surface area contributed by atoms with Crippen LogP contribution in [-0.4, -0.2) is 35.2 Å². The highest BCUT2D eigenvalue weighted by Gasteiger charge is 2.11. The molecule has 3 aromatic rings. The number of hydrogen-bond acceptors (Lipinski definition) is 4. The van der Waals surface area contributed by atoms with Gasteiger partial charge in [-0.1, -0.05) is 30.3 Å². The molecule has 0 saturated carbocycles. The molecule has 30 heavy (non-hydrogen) atoms. The first-order valence-electron chi connectivity index (χ1n) is 10.4. The number of benzene rings is 2. The molecule has 0 radical (unpaired) electrons. The molecule has 0 aliphatic heterocycles. The Labute approximate surface area is 177 Å². The Balaban J connectivity index is 1.65.